The predicted octanol–water partition coefficient (Wildman–Crippen LogP) is 4.84. The Kier molecular flexibility index (Phi) is 3.06. The van der Waals surface area contributed by atoms with E-state index in [0.29, 0.717) is 0 Å². The minimum Gasteiger partial charge on any atom is -0.0751 e. The van der Waals surface area contributed by atoms with E-state index in [1.165, 1.54) is 22.3 Å². The molecule has 0 nitrogen and oxygen atoms in total. The van der Waals surface area contributed by atoms with Crippen LogP contribution in [0.25, 0.3) is 5.57 Å². The van der Waals surface area contributed by atoms with Gasteiger partial charge in [0.05, 0.1) is 0 Å². The van der Waals surface area contributed by atoms with Crippen LogP contribution >= 0.6 is 0 Å². The van der Waals surface area contributed by atoms with Crippen LogP contribution < -0.4 is 0 Å². The summed E-state index contributed by atoms with van der Waals surface area (Å²) in [6.45, 7) is 8.76. The zero-order chi connectivity index (χ0) is 12.5. The minimum atomic E-state index is 0.151. The zero-order valence-corrected chi connectivity index (χ0v) is 11.1. The van der Waals surface area contributed by atoms with E-state index in [0.717, 1.165) is 0 Å². The average Bonchev–Trinajstić information content (AvgIpc) is 2.44. The first-order chi connectivity index (χ1) is 7.98. The van der Waals surface area contributed by atoms with Crippen molar-refractivity contribution in [2.24, 2.45) is 5.41 Å². The molecule has 0 radical (unpaired) electrons. The van der Waals surface area contributed by atoms with E-state index in [9.17, 15) is 0 Å². The highest BCUT2D eigenvalue weighted by atomic mass is 14.2. The molecule has 0 amide bonds. The lowest BCUT2D eigenvalue weighted by molar-refractivity contribution is 0.627. The van der Waals surface area contributed by atoms with E-state index < -0.39 is 0 Å². The van der Waals surface area contributed by atoms with Gasteiger partial charge in [-0.25, -0.2) is 0 Å². The van der Waals surface area contributed by atoms with Crippen LogP contribution in [0, 0.1) is 19.3 Å². The lowest BCUT2D eigenvalue weighted by Gasteiger charge is -2.12. The molecule has 0 N–H and O–H groups in total. The molecular weight excluding hydrogens is 204 g/mol. The van der Waals surface area contributed by atoms with Crippen molar-refractivity contribution in [2.75, 3.05) is 0 Å². The van der Waals surface area contributed by atoms with Gasteiger partial charge in [0, 0.05) is 5.41 Å². The molecular formula is C17H20. The van der Waals surface area contributed by atoms with Crippen molar-refractivity contribution in [3.05, 3.63) is 65.3 Å². The lowest BCUT2D eigenvalue weighted by atomic mass is 9.92. The van der Waals surface area contributed by atoms with E-state index in [-0.39, 0.29) is 5.41 Å². The van der Waals surface area contributed by atoms with E-state index in [1.54, 1.807) is 0 Å². The van der Waals surface area contributed by atoms with E-state index >= 15 is 0 Å². The predicted molar refractivity (Wildman–Crippen MR) is 76.0 cm³/mol. The maximum Gasteiger partial charge on any atom is 0.00109 e. The third kappa shape index (κ3) is 2.76. The summed E-state index contributed by atoms with van der Waals surface area (Å²) in [7, 11) is 0. The average molecular weight is 224 g/mol. The van der Waals surface area contributed by atoms with Crippen LogP contribution in [-0.4, -0.2) is 0 Å². The maximum absolute atomic E-state index is 2.26. The fraction of sp³-hybridized carbons (Fsp3) is 0.294. The van der Waals surface area contributed by atoms with Gasteiger partial charge in [-0.15, -0.1) is 0 Å². The van der Waals surface area contributed by atoms with Crippen LogP contribution in [0.4, 0.5) is 0 Å². The molecule has 88 valence electrons. The van der Waals surface area contributed by atoms with E-state index in [2.05, 4.69) is 76.3 Å². The zero-order valence-electron chi connectivity index (χ0n) is 11.1. The molecule has 0 fully saturated rings. The molecule has 0 saturated carbocycles. The Morgan fingerprint density at radius 2 is 1.71 bits per heavy atom. The largest absolute Gasteiger partial charge is 0.0751 e. The fourth-order valence-electron chi connectivity index (χ4n) is 1.93. The molecule has 2 rings (SSSR count). The number of rotatable bonds is 1. The third-order valence-electron chi connectivity index (χ3n) is 3.33. The van der Waals surface area contributed by atoms with Gasteiger partial charge < -0.3 is 0 Å². The quantitative estimate of drug-likeness (QED) is 0.640. The summed E-state index contributed by atoms with van der Waals surface area (Å²) in [5, 5.41) is 0. The van der Waals surface area contributed by atoms with Crippen LogP contribution in [-0.2, 0) is 0 Å². The van der Waals surface area contributed by atoms with E-state index in [4.69, 9.17) is 0 Å². The molecule has 0 aliphatic heterocycles. The first-order valence-corrected chi connectivity index (χ1v) is 6.14. The number of allylic oxidation sites excluding steroid dienone is 6. The van der Waals surface area contributed by atoms with Gasteiger partial charge in [-0.2, -0.15) is 0 Å². The molecule has 0 spiro atoms. The highest BCUT2D eigenvalue weighted by Crippen LogP contribution is 2.27. The Bertz CT molecular complexity index is 511. The molecule has 1 aromatic rings. The van der Waals surface area contributed by atoms with Crippen molar-refractivity contribution >= 4 is 5.57 Å². The Balaban J connectivity index is 2.38. The Morgan fingerprint density at radius 1 is 0.941 bits per heavy atom. The molecule has 0 heterocycles. The topological polar surface area (TPSA) is 0 Å². The van der Waals surface area contributed by atoms with Crippen LogP contribution in [0.1, 0.15) is 30.5 Å². The number of hydrogen-bond donors (Lipinski definition) is 0. The molecule has 1 aliphatic rings. The second-order valence-corrected chi connectivity index (χ2v) is 5.43. The minimum absolute atomic E-state index is 0.151. The van der Waals surface area contributed by atoms with Gasteiger partial charge in [0.2, 0.25) is 0 Å². The molecule has 0 saturated heterocycles. The molecule has 0 heteroatoms. The van der Waals surface area contributed by atoms with Crippen molar-refractivity contribution in [3.8, 4) is 0 Å². The SMILES string of the molecule is Cc1ccc(C2=CC=CC(C)(C)C=C2)cc1C. The highest BCUT2D eigenvalue weighted by Gasteiger charge is 2.11. The lowest BCUT2D eigenvalue weighted by Crippen LogP contribution is -2.00. The highest BCUT2D eigenvalue weighted by molar-refractivity contribution is 5.76. The second kappa shape index (κ2) is 4.37. The summed E-state index contributed by atoms with van der Waals surface area (Å²) in [4.78, 5) is 0. The normalized spacial score (nSPS) is 17.8. The molecule has 0 bridgehead atoms. The summed E-state index contributed by atoms with van der Waals surface area (Å²) in [5.41, 5.74) is 5.44. The van der Waals surface area contributed by atoms with Gasteiger partial charge >= 0.3 is 0 Å². The van der Waals surface area contributed by atoms with Crippen molar-refractivity contribution < 1.29 is 0 Å². The Labute approximate surface area is 104 Å². The second-order valence-electron chi connectivity index (χ2n) is 5.43. The fourth-order valence-corrected chi connectivity index (χ4v) is 1.93. The maximum atomic E-state index is 2.26. The molecule has 17 heavy (non-hydrogen) atoms. The van der Waals surface area contributed by atoms with Gasteiger partial charge in [-0.1, -0.05) is 62.4 Å². The monoisotopic (exact) mass is 224 g/mol. The molecule has 1 aromatic carbocycles. The first kappa shape index (κ1) is 11.9. The van der Waals surface area contributed by atoms with Crippen molar-refractivity contribution in [1.29, 1.82) is 0 Å². The first-order valence-electron chi connectivity index (χ1n) is 6.14. The van der Waals surface area contributed by atoms with Gasteiger partial charge in [0.25, 0.3) is 0 Å². The summed E-state index contributed by atoms with van der Waals surface area (Å²) in [6, 6.07) is 6.65. The number of hydrogen-bond acceptors (Lipinski definition) is 0. The Hall–Kier alpha value is -1.56. The Morgan fingerprint density at radius 3 is 2.41 bits per heavy atom. The molecule has 1 aliphatic carbocycles. The van der Waals surface area contributed by atoms with Crippen LogP contribution in [0.5, 0.6) is 0 Å². The van der Waals surface area contributed by atoms with Crippen LogP contribution in [0.15, 0.2) is 48.6 Å². The van der Waals surface area contributed by atoms with Crippen LogP contribution in [0.2, 0.25) is 0 Å². The molecule has 0 unspecified atom stereocenters. The molecule has 0 atom stereocenters. The van der Waals surface area contributed by atoms with Gasteiger partial charge in [0.15, 0.2) is 0 Å². The van der Waals surface area contributed by atoms with E-state index in [1.807, 2.05) is 0 Å². The number of aryl methyl sites for hydroxylation is 2. The van der Waals surface area contributed by atoms with Crippen molar-refractivity contribution in [1.82, 2.24) is 0 Å². The van der Waals surface area contributed by atoms with Crippen LogP contribution in [0.3, 0.4) is 0 Å². The summed E-state index contributed by atoms with van der Waals surface area (Å²) in [6.07, 6.45) is 11.1. The van der Waals surface area contributed by atoms with Gasteiger partial charge in [-0.05, 0) is 36.1 Å². The summed E-state index contributed by atoms with van der Waals surface area (Å²) < 4.78 is 0. The molecule has 0 aromatic heterocycles. The van der Waals surface area contributed by atoms with Crippen molar-refractivity contribution in [3.63, 3.8) is 0 Å². The summed E-state index contributed by atoms with van der Waals surface area (Å²) in [5.74, 6) is 0. The van der Waals surface area contributed by atoms with Gasteiger partial charge in [-0.3, -0.25) is 0 Å². The summed E-state index contributed by atoms with van der Waals surface area (Å²) >= 11 is 0. The standard InChI is InChI=1S/C17H20/c1-13-7-8-16(12-14(13)2)15-6-5-10-17(3,4)11-9-15/h5-12H,1-4H3. The number of benzene rings is 1. The smallest absolute Gasteiger partial charge is 0.00109 e. The third-order valence-corrected chi connectivity index (χ3v) is 3.33. The van der Waals surface area contributed by atoms with Crippen molar-refractivity contribution in [2.45, 2.75) is 27.7 Å². The van der Waals surface area contributed by atoms with Gasteiger partial charge in [0.1, 0.15) is 0 Å².